The van der Waals surface area contributed by atoms with Gasteiger partial charge in [-0.1, -0.05) is 42.5 Å². The molecule has 0 radical (unpaired) electrons. The van der Waals surface area contributed by atoms with E-state index in [1.807, 2.05) is 24.3 Å². The van der Waals surface area contributed by atoms with Crippen molar-refractivity contribution in [2.24, 2.45) is 0 Å². The van der Waals surface area contributed by atoms with E-state index in [-0.39, 0.29) is 37.0 Å². The van der Waals surface area contributed by atoms with Gasteiger partial charge >= 0.3 is 0 Å². The van der Waals surface area contributed by atoms with Gasteiger partial charge in [-0.25, -0.2) is 0 Å². The lowest BCUT2D eigenvalue weighted by Gasteiger charge is -2.09. The van der Waals surface area contributed by atoms with Crippen LogP contribution in [0.5, 0.6) is 0 Å². The Kier molecular flexibility index (Phi) is 7.31. The van der Waals surface area contributed by atoms with Gasteiger partial charge in [0.1, 0.15) is 5.69 Å². The molecule has 31 heavy (non-hydrogen) atoms. The van der Waals surface area contributed by atoms with E-state index in [0.717, 1.165) is 5.56 Å². The van der Waals surface area contributed by atoms with E-state index in [2.05, 4.69) is 16.0 Å². The van der Waals surface area contributed by atoms with Gasteiger partial charge < -0.3 is 16.0 Å². The van der Waals surface area contributed by atoms with Crippen molar-refractivity contribution in [1.82, 2.24) is 5.32 Å². The highest BCUT2D eigenvalue weighted by Gasteiger charge is 2.12. The molecule has 3 rings (SSSR count). The van der Waals surface area contributed by atoms with Crippen LogP contribution in [0, 0.1) is 10.1 Å². The highest BCUT2D eigenvalue weighted by molar-refractivity contribution is 6.04. The Morgan fingerprint density at radius 2 is 1.65 bits per heavy atom. The van der Waals surface area contributed by atoms with E-state index < -0.39 is 4.92 Å². The molecule has 0 spiro atoms. The summed E-state index contributed by atoms with van der Waals surface area (Å²) in [7, 11) is 0. The van der Waals surface area contributed by atoms with Crippen LogP contribution in [-0.2, 0) is 11.3 Å². The predicted molar refractivity (Wildman–Crippen MR) is 119 cm³/mol. The molecule has 0 bridgehead atoms. The zero-order valence-electron chi connectivity index (χ0n) is 16.7. The molecule has 158 valence electrons. The molecular weight excluding hydrogens is 396 g/mol. The summed E-state index contributed by atoms with van der Waals surface area (Å²) in [4.78, 5) is 35.1. The predicted octanol–water partition coefficient (Wildman–Crippen LogP) is 3.97. The van der Waals surface area contributed by atoms with Crippen LogP contribution in [0.25, 0.3) is 0 Å². The highest BCUT2D eigenvalue weighted by atomic mass is 16.6. The Bertz CT molecular complexity index is 1070. The molecule has 0 atom stereocenters. The molecule has 0 aliphatic rings. The Balaban J connectivity index is 1.48. The first-order valence-electron chi connectivity index (χ1n) is 9.72. The fourth-order valence-corrected chi connectivity index (χ4v) is 2.93. The molecular formula is C23H22N4O4. The lowest BCUT2D eigenvalue weighted by atomic mass is 10.1. The lowest BCUT2D eigenvalue weighted by molar-refractivity contribution is -0.384. The summed E-state index contributed by atoms with van der Waals surface area (Å²) in [6.07, 6.45) is 0.153. The summed E-state index contributed by atoms with van der Waals surface area (Å²) in [5, 5.41) is 19.5. The maximum atomic E-state index is 12.4. The summed E-state index contributed by atoms with van der Waals surface area (Å²) in [5.74, 6) is -0.432. The van der Waals surface area contributed by atoms with Gasteiger partial charge in [0.2, 0.25) is 5.91 Å². The molecule has 0 aliphatic heterocycles. The quantitative estimate of drug-likeness (QED) is 0.359. The minimum Gasteiger partial charge on any atom is -0.379 e. The van der Waals surface area contributed by atoms with Crippen LogP contribution >= 0.6 is 0 Å². The monoisotopic (exact) mass is 418 g/mol. The van der Waals surface area contributed by atoms with Crippen molar-refractivity contribution in [3.8, 4) is 0 Å². The third-order valence-corrected chi connectivity index (χ3v) is 4.48. The lowest BCUT2D eigenvalue weighted by Crippen LogP contribution is -2.25. The summed E-state index contributed by atoms with van der Waals surface area (Å²) >= 11 is 0. The topological polar surface area (TPSA) is 113 Å². The standard InChI is InChI=1S/C23H22N4O4/c28-22(13-14-24-20-11-4-5-12-21(20)27(30)31)25-16-17-7-6-8-18(15-17)23(29)26-19-9-2-1-3-10-19/h1-12,15,24H,13-14,16H2,(H,25,28)(H,26,29). The van der Waals surface area contributed by atoms with Crippen molar-refractivity contribution < 1.29 is 14.5 Å². The number of benzene rings is 3. The number of rotatable bonds is 9. The van der Waals surface area contributed by atoms with E-state index in [4.69, 9.17) is 0 Å². The number of nitrogens with one attached hydrogen (secondary N) is 3. The molecule has 8 nitrogen and oxygen atoms in total. The van der Waals surface area contributed by atoms with Crippen molar-refractivity contribution in [1.29, 1.82) is 0 Å². The summed E-state index contributed by atoms with van der Waals surface area (Å²) < 4.78 is 0. The van der Waals surface area contributed by atoms with Crippen molar-refractivity contribution in [2.75, 3.05) is 17.2 Å². The van der Waals surface area contributed by atoms with E-state index in [0.29, 0.717) is 16.9 Å². The fourth-order valence-electron chi connectivity index (χ4n) is 2.93. The van der Waals surface area contributed by atoms with Crippen LogP contribution in [0.1, 0.15) is 22.3 Å². The van der Waals surface area contributed by atoms with Crippen LogP contribution in [0.2, 0.25) is 0 Å². The number of nitro benzene ring substituents is 1. The third-order valence-electron chi connectivity index (χ3n) is 4.48. The fraction of sp³-hybridized carbons (Fsp3) is 0.130. The Morgan fingerprint density at radius 1 is 0.903 bits per heavy atom. The van der Waals surface area contributed by atoms with Gasteiger partial charge in [-0.2, -0.15) is 0 Å². The first kappa shape index (κ1) is 21.5. The van der Waals surface area contributed by atoms with Gasteiger partial charge in [0.05, 0.1) is 4.92 Å². The third kappa shape index (κ3) is 6.40. The van der Waals surface area contributed by atoms with E-state index in [9.17, 15) is 19.7 Å². The molecule has 0 heterocycles. The van der Waals surface area contributed by atoms with Crippen molar-refractivity contribution in [3.63, 3.8) is 0 Å². The van der Waals surface area contributed by atoms with E-state index in [1.54, 1.807) is 48.5 Å². The van der Waals surface area contributed by atoms with Crippen LogP contribution < -0.4 is 16.0 Å². The molecule has 3 N–H and O–H groups in total. The van der Waals surface area contributed by atoms with Gasteiger partial charge in [0.15, 0.2) is 0 Å². The maximum Gasteiger partial charge on any atom is 0.292 e. The SMILES string of the molecule is O=C(CCNc1ccccc1[N+](=O)[O-])NCc1cccc(C(=O)Nc2ccccc2)c1. The van der Waals surface area contributed by atoms with Gasteiger partial charge in [0, 0.05) is 36.8 Å². The van der Waals surface area contributed by atoms with Crippen LogP contribution in [-0.4, -0.2) is 23.3 Å². The number of hydrogen-bond acceptors (Lipinski definition) is 5. The first-order valence-corrected chi connectivity index (χ1v) is 9.72. The van der Waals surface area contributed by atoms with Crippen LogP contribution in [0.4, 0.5) is 17.1 Å². The second-order valence-electron chi connectivity index (χ2n) is 6.75. The average Bonchev–Trinajstić information content (AvgIpc) is 2.79. The Morgan fingerprint density at radius 3 is 2.42 bits per heavy atom. The number of nitro groups is 1. The molecule has 0 unspecified atom stereocenters. The molecule has 2 amide bonds. The molecule has 8 heteroatoms. The van der Waals surface area contributed by atoms with Gasteiger partial charge in [-0.3, -0.25) is 19.7 Å². The van der Waals surface area contributed by atoms with E-state index >= 15 is 0 Å². The van der Waals surface area contributed by atoms with Crippen LogP contribution in [0.3, 0.4) is 0 Å². The number of carbonyl (C=O) groups is 2. The molecule has 3 aromatic rings. The Hall–Kier alpha value is -4.20. The second-order valence-corrected chi connectivity index (χ2v) is 6.75. The minimum absolute atomic E-state index is 0.0338. The summed E-state index contributed by atoms with van der Waals surface area (Å²) in [6, 6.07) is 22.5. The van der Waals surface area contributed by atoms with Crippen LogP contribution in [0.15, 0.2) is 78.9 Å². The smallest absolute Gasteiger partial charge is 0.292 e. The Labute approximate surface area is 179 Å². The van der Waals surface area contributed by atoms with Crippen molar-refractivity contribution in [2.45, 2.75) is 13.0 Å². The molecule has 0 fully saturated rings. The summed E-state index contributed by atoms with van der Waals surface area (Å²) in [5.41, 5.74) is 2.33. The molecule has 3 aromatic carbocycles. The maximum absolute atomic E-state index is 12.4. The van der Waals surface area contributed by atoms with Gasteiger partial charge in [-0.15, -0.1) is 0 Å². The van der Waals surface area contributed by atoms with Gasteiger partial charge in [0.25, 0.3) is 11.6 Å². The van der Waals surface area contributed by atoms with Crippen molar-refractivity contribution in [3.05, 3.63) is 100 Å². The minimum atomic E-state index is -0.469. The van der Waals surface area contributed by atoms with E-state index in [1.165, 1.54) is 6.07 Å². The second kappa shape index (κ2) is 10.5. The molecule has 0 aliphatic carbocycles. The normalized spacial score (nSPS) is 10.2. The zero-order chi connectivity index (χ0) is 22.1. The molecule has 0 saturated carbocycles. The van der Waals surface area contributed by atoms with Gasteiger partial charge in [-0.05, 0) is 35.9 Å². The average molecular weight is 418 g/mol. The number of anilines is 2. The largest absolute Gasteiger partial charge is 0.379 e. The van der Waals surface area contributed by atoms with Crippen molar-refractivity contribution >= 4 is 28.9 Å². The number of hydrogen-bond donors (Lipinski definition) is 3. The molecule has 0 saturated heterocycles. The summed E-state index contributed by atoms with van der Waals surface area (Å²) in [6.45, 7) is 0.535. The highest BCUT2D eigenvalue weighted by Crippen LogP contribution is 2.22. The number of amides is 2. The first-order chi connectivity index (χ1) is 15.0. The number of nitrogens with zero attached hydrogens (tertiary/aromatic N) is 1. The molecule has 0 aromatic heterocycles. The number of para-hydroxylation sites is 3. The number of carbonyl (C=O) groups excluding carboxylic acids is 2. The zero-order valence-corrected chi connectivity index (χ0v) is 16.7.